The molecule has 0 heterocycles. The minimum atomic E-state index is 0.615. The number of hydrogen-bond acceptors (Lipinski definition) is 3. The predicted octanol–water partition coefficient (Wildman–Crippen LogP) is 1.60. The average Bonchev–Trinajstić information content (AvgIpc) is 2.35. The number of nitrogens with zero attached hydrogens (tertiary/aromatic N) is 1. The van der Waals surface area contributed by atoms with Crippen molar-refractivity contribution in [3.63, 3.8) is 0 Å². The molecule has 0 unspecified atom stereocenters. The van der Waals surface area contributed by atoms with Crippen LogP contribution in [0.4, 0.5) is 5.69 Å². The summed E-state index contributed by atoms with van der Waals surface area (Å²) < 4.78 is 0. The normalized spacial score (nSPS) is 10.2. The predicted molar refractivity (Wildman–Crippen MR) is 65.9 cm³/mol. The number of rotatable bonds is 7. The maximum absolute atomic E-state index is 10.1. The van der Waals surface area contributed by atoms with Crippen molar-refractivity contribution in [2.75, 3.05) is 18.5 Å². The summed E-state index contributed by atoms with van der Waals surface area (Å²) in [5.74, 6) is 0. The van der Waals surface area contributed by atoms with E-state index in [-0.39, 0.29) is 0 Å². The van der Waals surface area contributed by atoms with E-state index in [0.29, 0.717) is 6.41 Å². The molecule has 0 radical (unpaired) electrons. The van der Waals surface area contributed by atoms with Crippen molar-refractivity contribution in [2.45, 2.75) is 20.4 Å². The number of carbonyl (C=O) groups excluding carboxylic acids is 1. The lowest BCUT2D eigenvalue weighted by Gasteiger charge is -2.18. The van der Waals surface area contributed by atoms with Crippen LogP contribution in [0, 0.1) is 0 Å². The maximum atomic E-state index is 10.1. The van der Waals surface area contributed by atoms with Gasteiger partial charge < -0.3 is 0 Å². The zero-order valence-electron chi connectivity index (χ0n) is 9.86. The van der Waals surface area contributed by atoms with E-state index in [2.05, 4.69) is 41.7 Å². The molecule has 1 amide bonds. The molecule has 0 aliphatic rings. The minimum Gasteiger partial charge on any atom is -0.300 e. The third-order valence-corrected chi connectivity index (χ3v) is 2.53. The van der Waals surface area contributed by atoms with E-state index in [0.717, 1.165) is 25.3 Å². The smallest absolute Gasteiger partial charge is 0.225 e. The van der Waals surface area contributed by atoms with Crippen LogP contribution in [0.1, 0.15) is 19.4 Å². The van der Waals surface area contributed by atoms with Crippen molar-refractivity contribution >= 4 is 12.1 Å². The van der Waals surface area contributed by atoms with Gasteiger partial charge in [-0.25, -0.2) is 0 Å². The molecular weight excluding hydrogens is 202 g/mol. The minimum absolute atomic E-state index is 0.615. The van der Waals surface area contributed by atoms with E-state index in [1.165, 1.54) is 5.56 Å². The Morgan fingerprint density at radius 3 is 2.31 bits per heavy atom. The summed E-state index contributed by atoms with van der Waals surface area (Å²) in [6.45, 7) is 7.40. The van der Waals surface area contributed by atoms with Crippen LogP contribution in [-0.4, -0.2) is 24.4 Å². The van der Waals surface area contributed by atoms with Gasteiger partial charge in [0.05, 0.1) is 5.69 Å². The molecule has 0 aliphatic carbocycles. The summed E-state index contributed by atoms with van der Waals surface area (Å²) in [5.41, 5.74) is 7.34. The number of hydrogen-bond donors (Lipinski definition) is 2. The first kappa shape index (κ1) is 12.5. The number of anilines is 1. The summed E-state index contributed by atoms with van der Waals surface area (Å²) >= 11 is 0. The van der Waals surface area contributed by atoms with Gasteiger partial charge in [0.1, 0.15) is 0 Å². The SMILES string of the molecule is CCN(CC)Cc1ccc(NNC=O)cc1. The molecule has 0 saturated heterocycles. The number of nitrogens with one attached hydrogen (secondary N) is 2. The molecule has 88 valence electrons. The molecule has 0 aromatic heterocycles. The summed E-state index contributed by atoms with van der Waals surface area (Å²) in [5, 5.41) is 0. The van der Waals surface area contributed by atoms with Gasteiger partial charge in [0.25, 0.3) is 0 Å². The van der Waals surface area contributed by atoms with Gasteiger partial charge in [0.15, 0.2) is 0 Å². The van der Waals surface area contributed by atoms with E-state index in [1.54, 1.807) is 0 Å². The van der Waals surface area contributed by atoms with Gasteiger partial charge >= 0.3 is 0 Å². The molecule has 4 nitrogen and oxygen atoms in total. The van der Waals surface area contributed by atoms with Crippen LogP contribution in [0.2, 0.25) is 0 Å². The fourth-order valence-corrected chi connectivity index (χ4v) is 1.51. The average molecular weight is 221 g/mol. The highest BCUT2D eigenvalue weighted by molar-refractivity contribution is 5.53. The molecule has 1 rings (SSSR count). The lowest BCUT2D eigenvalue weighted by Crippen LogP contribution is -2.22. The topological polar surface area (TPSA) is 44.4 Å². The molecule has 0 aliphatic heterocycles. The van der Waals surface area contributed by atoms with E-state index < -0.39 is 0 Å². The lowest BCUT2D eigenvalue weighted by atomic mass is 10.2. The summed E-state index contributed by atoms with van der Waals surface area (Å²) in [6, 6.07) is 8.03. The van der Waals surface area contributed by atoms with Crippen LogP contribution in [0.5, 0.6) is 0 Å². The van der Waals surface area contributed by atoms with Crippen LogP contribution < -0.4 is 10.9 Å². The second kappa shape index (κ2) is 6.85. The van der Waals surface area contributed by atoms with Crippen LogP contribution in [0.15, 0.2) is 24.3 Å². The van der Waals surface area contributed by atoms with Crippen molar-refractivity contribution in [3.8, 4) is 0 Å². The molecule has 1 aromatic carbocycles. The number of benzene rings is 1. The largest absolute Gasteiger partial charge is 0.300 e. The van der Waals surface area contributed by atoms with Crippen LogP contribution >= 0.6 is 0 Å². The van der Waals surface area contributed by atoms with Gasteiger partial charge in [-0.2, -0.15) is 0 Å². The van der Waals surface area contributed by atoms with Gasteiger partial charge in [-0.1, -0.05) is 26.0 Å². The molecular formula is C12H19N3O. The lowest BCUT2D eigenvalue weighted by molar-refractivity contribution is -0.109. The molecule has 16 heavy (non-hydrogen) atoms. The van der Waals surface area contributed by atoms with E-state index >= 15 is 0 Å². The van der Waals surface area contributed by atoms with Crippen molar-refractivity contribution in [1.29, 1.82) is 0 Å². The third kappa shape index (κ3) is 3.90. The zero-order valence-corrected chi connectivity index (χ0v) is 9.86. The number of carbonyl (C=O) groups is 1. The molecule has 0 atom stereocenters. The second-order valence-electron chi connectivity index (χ2n) is 3.55. The second-order valence-corrected chi connectivity index (χ2v) is 3.55. The third-order valence-electron chi connectivity index (χ3n) is 2.53. The van der Waals surface area contributed by atoms with E-state index in [4.69, 9.17) is 0 Å². The van der Waals surface area contributed by atoms with Crippen LogP contribution in [-0.2, 0) is 11.3 Å². The summed E-state index contributed by atoms with van der Waals surface area (Å²) in [7, 11) is 0. The monoisotopic (exact) mass is 221 g/mol. The Bertz CT molecular complexity index is 307. The van der Waals surface area contributed by atoms with Gasteiger partial charge in [0.2, 0.25) is 6.41 Å². The van der Waals surface area contributed by atoms with Crippen LogP contribution in [0.25, 0.3) is 0 Å². The van der Waals surface area contributed by atoms with Gasteiger partial charge in [-0.05, 0) is 30.8 Å². The fourth-order valence-electron chi connectivity index (χ4n) is 1.51. The Balaban J connectivity index is 2.53. The van der Waals surface area contributed by atoms with Crippen LogP contribution in [0.3, 0.4) is 0 Å². The first-order chi connectivity index (χ1) is 7.80. The molecule has 1 aromatic rings. The molecule has 0 fully saturated rings. The van der Waals surface area contributed by atoms with Crippen molar-refractivity contribution in [2.24, 2.45) is 0 Å². The summed E-state index contributed by atoms with van der Waals surface area (Å²) in [6.07, 6.45) is 0.615. The van der Waals surface area contributed by atoms with Crippen molar-refractivity contribution < 1.29 is 4.79 Å². The standard InChI is InChI=1S/C12H19N3O/c1-3-15(4-2)9-11-5-7-12(8-6-11)14-13-10-16/h5-8,10,14H,3-4,9H2,1-2H3,(H,13,16). The Labute approximate surface area is 96.6 Å². The Hall–Kier alpha value is -1.55. The highest BCUT2D eigenvalue weighted by Crippen LogP contribution is 2.10. The quantitative estimate of drug-likeness (QED) is 0.543. The molecule has 0 bridgehead atoms. The summed E-state index contributed by atoms with van der Waals surface area (Å²) in [4.78, 5) is 12.4. The highest BCUT2D eigenvalue weighted by atomic mass is 16.1. The molecule has 0 saturated carbocycles. The van der Waals surface area contributed by atoms with E-state index in [1.807, 2.05) is 12.1 Å². The fraction of sp³-hybridized carbons (Fsp3) is 0.417. The zero-order chi connectivity index (χ0) is 11.8. The number of amides is 1. The molecule has 0 spiro atoms. The Kier molecular flexibility index (Phi) is 5.36. The highest BCUT2D eigenvalue weighted by Gasteiger charge is 2.00. The molecule has 2 N–H and O–H groups in total. The van der Waals surface area contributed by atoms with Gasteiger partial charge in [-0.15, -0.1) is 0 Å². The first-order valence-corrected chi connectivity index (χ1v) is 5.56. The van der Waals surface area contributed by atoms with E-state index in [9.17, 15) is 4.79 Å². The number of hydrazine groups is 1. The molecule has 4 heteroatoms. The van der Waals surface area contributed by atoms with Gasteiger partial charge in [-0.3, -0.25) is 20.5 Å². The van der Waals surface area contributed by atoms with Gasteiger partial charge in [0, 0.05) is 6.54 Å². The Morgan fingerprint density at radius 2 is 1.81 bits per heavy atom. The Morgan fingerprint density at radius 1 is 1.19 bits per heavy atom. The van der Waals surface area contributed by atoms with Crippen molar-refractivity contribution in [3.05, 3.63) is 29.8 Å². The maximum Gasteiger partial charge on any atom is 0.225 e. The first-order valence-electron chi connectivity index (χ1n) is 5.56. The van der Waals surface area contributed by atoms with Crippen molar-refractivity contribution in [1.82, 2.24) is 10.3 Å².